The van der Waals surface area contributed by atoms with Crippen molar-refractivity contribution in [2.45, 2.75) is 26.8 Å². The summed E-state index contributed by atoms with van der Waals surface area (Å²) in [6, 6.07) is 0. The topological polar surface area (TPSA) is 72.2 Å². The van der Waals surface area contributed by atoms with Gasteiger partial charge >= 0.3 is 5.97 Å². The summed E-state index contributed by atoms with van der Waals surface area (Å²) < 4.78 is 1.59. The molecule has 0 aliphatic carbocycles. The van der Waals surface area contributed by atoms with Crippen LogP contribution in [0.5, 0.6) is 0 Å². The van der Waals surface area contributed by atoms with Crippen LogP contribution in [0, 0.1) is 6.92 Å². The lowest BCUT2D eigenvalue weighted by molar-refractivity contribution is -0.131. The fourth-order valence-electron chi connectivity index (χ4n) is 1.20. The molecule has 0 amide bonds. The minimum absolute atomic E-state index is 0.172. The van der Waals surface area contributed by atoms with Crippen LogP contribution in [0.1, 0.15) is 29.4 Å². The zero-order valence-electron chi connectivity index (χ0n) is 8.15. The highest BCUT2D eigenvalue weighted by Crippen LogP contribution is 2.07. The predicted octanol–water partition coefficient (Wildman–Crippen LogP) is 0.869. The maximum Gasteiger partial charge on any atom is 0.377 e. The SMILES string of the molecule is CCCn1cc(C(=O)C(=O)O)c(C)n1. The summed E-state index contributed by atoms with van der Waals surface area (Å²) in [5.41, 5.74) is 0.636. The molecule has 1 rings (SSSR count). The Morgan fingerprint density at radius 2 is 2.21 bits per heavy atom. The van der Waals surface area contributed by atoms with Gasteiger partial charge in [0.25, 0.3) is 5.78 Å². The Kier molecular flexibility index (Phi) is 3.01. The van der Waals surface area contributed by atoms with Crippen molar-refractivity contribution in [3.8, 4) is 0 Å². The molecule has 0 atom stereocenters. The lowest BCUT2D eigenvalue weighted by Gasteiger charge is -1.94. The molecular weight excluding hydrogens is 184 g/mol. The number of carbonyl (C=O) groups is 2. The molecule has 1 N–H and O–H groups in total. The summed E-state index contributed by atoms with van der Waals surface area (Å²) in [6.07, 6.45) is 2.37. The number of carboxylic acid groups (broad SMARTS) is 1. The molecule has 0 radical (unpaired) electrons. The van der Waals surface area contributed by atoms with E-state index < -0.39 is 11.8 Å². The van der Waals surface area contributed by atoms with Crippen molar-refractivity contribution >= 4 is 11.8 Å². The van der Waals surface area contributed by atoms with Crippen molar-refractivity contribution in [2.75, 3.05) is 0 Å². The number of hydrogen-bond donors (Lipinski definition) is 1. The minimum atomic E-state index is -1.44. The standard InChI is InChI=1S/C9H12N2O3/c1-3-4-11-5-7(6(2)10-11)8(12)9(13)14/h5H,3-4H2,1-2H3,(H,13,14). The number of ketones is 1. The van der Waals surface area contributed by atoms with Crippen LogP contribution in [0.25, 0.3) is 0 Å². The van der Waals surface area contributed by atoms with E-state index in [0.29, 0.717) is 12.2 Å². The van der Waals surface area contributed by atoms with Gasteiger partial charge in [-0.05, 0) is 13.3 Å². The predicted molar refractivity (Wildman–Crippen MR) is 49.2 cm³/mol. The Bertz CT molecular complexity index is 368. The fourth-order valence-corrected chi connectivity index (χ4v) is 1.20. The molecule has 0 spiro atoms. The number of Topliss-reactive ketones (excluding diaryl/α,β-unsaturated/α-hetero) is 1. The van der Waals surface area contributed by atoms with Gasteiger partial charge in [0, 0.05) is 12.7 Å². The van der Waals surface area contributed by atoms with Gasteiger partial charge in [-0.15, -0.1) is 0 Å². The van der Waals surface area contributed by atoms with Crippen LogP contribution in [0.4, 0.5) is 0 Å². The van der Waals surface area contributed by atoms with E-state index in [1.165, 1.54) is 6.20 Å². The molecule has 5 nitrogen and oxygen atoms in total. The van der Waals surface area contributed by atoms with Gasteiger partial charge < -0.3 is 5.11 Å². The zero-order chi connectivity index (χ0) is 10.7. The van der Waals surface area contributed by atoms with Crippen LogP contribution in [0.2, 0.25) is 0 Å². The van der Waals surface area contributed by atoms with Gasteiger partial charge in [0.05, 0.1) is 11.3 Å². The zero-order valence-corrected chi connectivity index (χ0v) is 8.15. The van der Waals surface area contributed by atoms with Crippen molar-refractivity contribution in [3.63, 3.8) is 0 Å². The van der Waals surface area contributed by atoms with Crippen LogP contribution in [0.3, 0.4) is 0 Å². The lowest BCUT2D eigenvalue weighted by atomic mass is 10.2. The van der Waals surface area contributed by atoms with Gasteiger partial charge in [0.1, 0.15) is 0 Å². The van der Waals surface area contributed by atoms with Gasteiger partial charge in [0.2, 0.25) is 0 Å². The normalized spacial score (nSPS) is 10.1. The second-order valence-corrected chi connectivity index (χ2v) is 3.03. The van der Waals surface area contributed by atoms with Crippen molar-refractivity contribution in [3.05, 3.63) is 17.5 Å². The third-order valence-corrected chi connectivity index (χ3v) is 1.84. The maximum atomic E-state index is 11.1. The quantitative estimate of drug-likeness (QED) is 0.572. The van der Waals surface area contributed by atoms with E-state index in [1.54, 1.807) is 11.6 Å². The summed E-state index contributed by atoms with van der Waals surface area (Å²) in [6.45, 7) is 4.30. The maximum absolute atomic E-state index is 11.1. The molecule has 1 heterocycles. The fraction of sp³-hybridized carbons (Fsp3) is 0.444. The number of hydrogen-bond acceptors (Lipinski definition) is 3. The molecule has 1 aromatic heterocycles. The molecule has 0 fully saturated rings. The van der Waals surface area contributed by atoms with E-state index >= 15 is 0 Å². The van der Waals surface area contributed by atoms with Crippen LogP contribution in [-0.2, 0) is 11.3 Å². The largest absolute Gasteiger partial charge is 0.475 e. The molecule has 5 heteroatoms. The van der Waals surface area contributed by atoms with E-state index in [4.69, 9.17) is 5.11 Å². The van der Waals surface area contributed by atoms with Gasteiger partial charge in [-0.2, -0.15) is 5.10 Å². The number of aryl methyl sites for hydroxylation is 2. The van der Waals surface area contributed by atoms with Crippen molar-refractivity contribution in [2.24, 2.45) is 0 Å². The molecule has 0 aliphatic heterocycles. The van der Waals surface area contributed by atoms with E-state index in [2.05, 4.69) is 5.10 Å². The van der Waals surface area contributed by atoms with Gasteiger partial charge in [-0.3, -0.25) is 9.48 Å². The average molecular weight is 196 g/mol. The molecule has 0 saturated heterocycles. The Balaban J connectivity index is 2.98. The van der Waals surface area contributed by atoms with Crippen molar-refractivity contribution in [1.82, 2.24) is 9.78 Å². The second-order valence-electron chi connectivity index (χ2n) is 3.03. The molecule has 0 aliphatic rings. The Morgan fingerprint density at radius 3 is 2.71 bits per heavy atom. The highest BCUT2D eigenvalue weighted by Gasteiger charge is 2.19. The smallest absolute Gasteiger partial charge is 0.377 e. The van der Waals surface area contributed by atoms with Gasteiger partial charge in [-0.1, -0.05) is 6.92 Å². The van der Waals surface area contributed by atoms with Crippen LogP contribution < -0.4 is 0 Å². The van der Waals surface area contributed by atoms with Crippen LogP contribution in [-0.4, -0.2) is 26.6 Å². The van der Waals surface area contributed by atoms with E-state index in [-0.39, 0.29) is 5.56 Å². The number of nitrogens with zero attached hydrogens (tertiary/aromatic N) is 2. The summed E-state index contributed by atoms with van der Waals surface area (Å²) >= 11 is 0. The Labute approximate surface area is 81.3 Å². The first-order chi connectivity index (χ1) is 6.56. The van der Waals surface area contributed by atoms with Gasteiger partial charge in [0.15, 0.2) is 0 Å². The monoisotopic (exact) mass is 196 g/mol. The highest BCUT2D eigenvalue weighted by molar-refractivity contribution is 6.40. The number of carboxylic acids is 1. The van der Waals surface area contributed by atoms with Crippen LogP contribution >= 0.6 is 0 Å². The minimum Gasteiger partial charge on any atom is -0.475 e. The van der Waals surface area contributed by atoms with E-state index in [1.807, 2.05) is 6.92 Å². The molecule has 0 aromatic carbocycles. The number of aromatic nitrogens is 2. The number of carbonyl (C=O) groups excluding carboxylic acids is 1. The molecule has 1 aromatic rings. The summed E-state index contributed by atoms with van der Waals surface area (Å²) in [5.74, 6) is -2.34. The first-order valence-corrected chi connectivity index (χ1v) is 4.38. The highest BCUT2D eigenvalue weighted by atomic mass is 16.4. The van der Waals surface area contributed by atoms with Gasteiger partial charge in [-0.25, -0.2) is 4.79 Å². The third-order valence-electron chi connectivity index (χ3n) is 1.84. The van der Waals surface area contributed by atoms with Crippen molar-refractivity contribution in [1.29, 1.82) is 0 Å². The molecule has 0 bridgehead atoms. The van der Waals surface area contributed by atoms with E-state index in [0.717, 1.165) is 6.42 Å². The lowest BCUT2D eigenvalue weighted by Crippen LogP contribution is -2.12. The van der Waals surface area contributed by atoms with Crippen LogP contribution in [0.15, 0.2) is 6.20 Å². The molecular formula is C9H12N2O3. The summed E-state index contributed by atoms with van der Waals surface area (Å²) in [5, 5.41) is 12.5. The number of rotatable bonds is 4. The molecule has 14 heavy (non-hydrogen) atoms. The first-order valence-electron chi connectivity index (χ1n) is 4.38. The van der Waals surface area contributed by atoms with E-state index in [9.17, 15) is 9.59 Å². The molecule has 0 saturated carbocycles. The first kappa shape index (κ1) is 10.4. The van der Waals surface area contributed by atoms with Crippen molar-refractivity contribution < 1.29 is 14.7 Å². The summed E-state index contributed by atoms with van der Waals surface area (Å²) in [4.78, 5) is 21.6. The average Bonchev–Trinajstić information content (AvgIpc) is 2.46. The Morgan fingerprint density at radius 1 is 1.57 bits per heavy atom. The Hall–Kier alpha value is -1.65. The summed E-state index contributed by atoms with van der Waals surface area (Å²) in [7, 11) is 0. The molecule has 0 unspecified atom stereocenters. The number of aliphatic carboxylic acids is 1. The second kappa shape index (κ2) is 4.04. The third kappa shape index (κ3) is 1.99. The molecule has 76 valence electrons.